The second-order valence-corrected chi connectivity index (χ2v) is 9.59. The molecule has 0 saturated carbocycles. The van der Waals surface area contributed by atoms with Gasteiger partial charge in [0.1, 0.15) is 0 Å². The number of hydrogen-bond donors (Lipinski definition) is 0. The summed E-state index contributed by atoms with van der Waals surface area (Å²) in [6.45, 7) is 7.24. The lowest BCUT2D eigenvalue weighted by Gasteiger charge is -2.09. The highest BCUT2D eigenvalue weighted by molar-refractivity contribution is 7.98. The maximum Gasteiger partial charge on any atom is 0.175 e. The first-order valence-corrected chi connectivity index (χ1v) is 11.9. The molecule has 0 atom stereocenters. The molecule has 28 heavy (non-hydrogen) atoms. The second kappa shape index (κ2) is 8.44. The zero-order valence-electron chi connectivity index (χ0n) is 16.5. The number of tetrazole rings is 1. The van der Waals surface area contributed by atoms with Crippen LogP contribution in [0.1, 0.15) is 37.0 Å². The first-order valence-electron chi connectivity index (χ1n) is 9.05. The van der Waals surface area contributed by atoms with Crippen LogP contribution < -0.4 is 0 Å². The lowest BCUT2D eigenvalue weighted by molar-refractivity contribution is 0.575. The second-order valence-electron chi connectivity index (χ2n) is 6.63. The molecule has 2 aromatic heterocycles. The molecule has 0 saturated heterocycles. The minimum Gasteiger partial charge on any atom is -0.323 e. The number of rotatable bonds is 8. The molecule has 3 rings (SSSR count). The van der Waals surface area contributed by atoms with Gasteiger partial charge in [0.05, 0.1) is 22.0 Å². The molecule has 0 radical (unpaired) electrons. The minimum atomic E-state index is -3.24. The molecule has 0 amide bonds. The van der Waals surface area contributed by atoms with E-state index in [1.807, 2.05) is 6.92 Å². The Morgan fingerprint density at radius 2 is 1.86 bits per heavy atom. The highest BCUT2D eigenvalue weighted by atomic mass is 32.2. The van der Waals surface area contributed by atoms with Crippen molar-refractivity contribution in [2.45, 2.75) is 56.0 Å². The van der Waals surface area contributed by atoms with E-state index in [2.05, 4.69) is 38.9 Å². The van der Waals surface area contributed by atoms with Crippen molar-refractivity contribution in [3.05, 3.63) is 41.5 Å². The molecule has 1 aromatic carbocycles. The largest absolute Gasteiger partial charge is 0.323 e. The van der Waals surface area contributed by atoms with Gasteiger partial charge in [0, 0.05) is 18.5 Å². The van der Waals surface area contributed by atoms with E-state index in [0.29, 0.717) is 11.6 Å². The molecule has 0 fully saturated rings. The van der Waals surface area contributed by atoms with E-state index in [-0.39, 0.29) is 4.90 Å². The molecule has 10 heteroatoms. The van der Waals surface area contributed by atoms with Crippen LogP contribution in [-0.4, -0.2) is 44.4 Å². The SMILES string of the molecule is CCCCn1c(SCc2nnnn2-c2ccc(S(C)(=O)=O)cc2)nc(C)c1C. The number of imidazole rings is 1. The van der Waals surface area contributed by atoms with Crippen LogP contribution in [0.4, 0.5) is 0 Å². The molecule has 2 heterocycles. The maximum absolute atomic E-state index is 11.6. The van der Waals surface area contributed by atoms with Gasteiger partial charge < -0.3 is 4.57 Å². The molecule has 8 nitrogen and oxygen atoms in total. The number of benzene rings is 1. The van der Waals surface area contributed by atoms with Crippen molar-refractivity contribution in [1.82, 2.24) is 29.8 Å². The van der Waals surface area contributed by atoms with Gasteiger partial charge in [0.15, 0.2) is 20.8 Å². The smallest absolute Gasteiger partial charge is 0.175 e. The molecule has 150 valence electrons. The minimum absolute atomic E-state index is 0.268. The van der Waals surface area contributed by atoms with Crippen LogP contribution in [0, 0.1) is 13.8 Å². The highest BCUT2D eigenvalue weighted by Crippen LogP contribution is 2.25. The summed E-state index contributed by atoms with van der Waals surface area (Å²) in [5, 5.41) is 12.9. The third-order valence-electron chi connectivity index (χ3n) is 4.53. The lowest BCUT2D eigenvalue weighted by Crippen LogP contribution is -2.05. The zero-order chi connectivity index (χ0) is 20.3. The third-order valence-corrected chi connectivity index (χ3v) is 6.63. The predicted octanol–water partition coefficient (Wildman–Crippen LogP) is 2.97. The van der Waals surface area contributed by atoms with Gasteiger partial charge in [-0.15, -0.1) is 5.10 Å². The summed E-state index contributed by atoms with van der Waals surface area (Å²) < 4.78 is 27.1. The summed E-state index contributed by atoms with van der Waals surface area (Å²) in [5.41, 5.74) is 2.94. The van der Waals surface area contributed by atoms with Gasteiger partial charge in [-0.25, -0.2) is 13.4 Å². The van der Waals surface area contributed by atoms with Crippen molar-refractivity contribution in [2.24, 2.45) is 0 Å². The van der Waals surface area contributed by atoms with Crippen molar-refractivity contribution in [3.8, 4) is 5.69 Å². The number of hydrogen-bond acceptors (Lipinski definition) is 7. The number of nitrogens with zero attached hydrogens (tertiary/aromatic N) is 6. The van der Waals surface area contributed by atoms with Gasteiger partial charge in [-0.1, -0.05) is 25.1 Å². The molecule has 0 aliphatic carbocycles. The van der Waals surface area contributed by atoms with Crippen LogP contribution in [0.2, 0.25) is 0 Å². The average Bonchev–Trinajstić information content (AvgIpc) is 3.23. The van der Waals surface area contributed by atoms with Crippen molar-refractivity contribution in [1.29, 1.82) is 0 Å². The summed E-state index contributed by atoms with van der Waals surface area (Å²) in [4.78, 5) is 4.95. The van der Waals surface area contributed by atoms with Gasteiger partial charge in [0.2, 0.25) is 0 Å². The van der Waals surface area contributed by atoms with Crippen LogP contribution in [0.25, 0.3) is 5.69 Å². The van der Waals surface area contributed by atoms with Gasteiger partial charge in [-0.2, -0.15) is 4.68 Å². The van der Waals surface area contributed by atoms with E-state index in [9.17, 15) is 8.42 Å². The number of aryl methyl sites for hydroxylation is 1. The van der Waals surface area contributed by atoms with E-state index in [4.69, 9.17) is 0 Å². The molecule has 3 aromatic rings. The molecule has 0 aliphatic rings. The molecule has 0 unspecified atom stereocenters. The summed E-state index contributed by atoms with van der Waals surface area (Å²) in [6.07, 6.45) is 3.42. The number of sulfone groups is 1. The standard InChI is InChI=1S/C18H24N6O2S2/c1-5-6-11-23-14(3)13(2)19-18(23)27-12-17-20-21-22-24(17)15-7-9-16(10-8-15)28(4,25)26/h7-10H,5-6,11-12H2,1-4H3. The fourth-order valence-corrected chi connectivity index (χ4v) is 4.43. The van der Waals surface area contributed by atoms with Crippen LogP contribution in [0.5, 0.6) is 0 Å². The summed E-state index contributed by atoms with van der Waals surface area (Å²) in [7, 11) is -3.24. The Kier molecular flexibility index (Phi) is 6.19. The molecule has 0 aliphatic heterocycles. The van der Waals surface area contributed by atoms with Crippen molar-refractivity contribution in [2.75, 3.05) is 6.26 Å². The molecule has 0 spiro atoms. The number of thioether (sulfide) groups is 1. The van der Waals surface area contributed by atoms with E-state index >= 15 is 0 Å². The molecular formula is C18H24N6O2S2. The lowest BCUT2D eigenvalue weighted by atomic mass is 10.3. The predicted molar refractivity (Wildman–Crippen MR) is 108 cm³/mol. The van der Waals surface area contributed by atoms with Crippen LogP contribution in [0.3, 0.4) is 0 Å². The maximum atomic E-state index is 11.6. The fourth-order valence-electron chi connectivity index (χ4n) is 2.77. The quantitative estimate of drug-likeness (QED) is 0.517. The van der Waals surface area contributed by atoms with Crippen molar-refractivity contribution >= 4 is 21.6 Å². The zero-order valence-corrected chi connectivity index (χ0v) is 18.1. The number of unbranched alkanes of at least 4 members (excludes halogenated alkanes) is 1. The Bertz CT molecular complexity index is 1050. The van der Waals surface area contributed by atoms with E-state index in [1.165, 1.54) is 11.9 Å². The summed E-state index contributed by atoms with van der Waals surface area (Å²) in [5.74, 6) is 1.24. The van der Waals surface area contributed by atoms with Crippen LogP contribution in [0.15, 0.2) is 34.3 Å². The van der Waals surface area contributed by atoms with Crippen molar-refractivity contribution < 1.29 is 8.42 Å². The molecule has 0 N–H and O–H groups in total. The Morgan fingerprint density at radius 3 is 2.50 bits per heavy atom. The fraction of sp³-hybridized carbons (Fsp3) is 0.444. The first kappa shape index (κ1) is 20.5. The van der Waals surface area contributed by atoms with Gasteiger partial charge in [-0.3, -0.25) is 0 Å². The number of aromatic nitrogens is 6. The third kappa shape index (κ3) is 4.44. The van der Waals surface area contributed by atoms with Gasteiger partial charge >= 0.3 is 0 Å². The first-order chi connectivity index (χ1) is 13.3. The summed E-state index contributed by atoms with van der Waals surface area (Å²) in [6, 6.07) is 6.54. The van der Waals surface area contributed by atoms with Gasteiger partial charge in [-0.05, 0) is 55.0 Å². The van der Waals surface area contributed by atoms with Gasteiger partial charge in [0.25, 0.3) is 0 Å². The Morgan fingerprint density at radius 1 is 1.14 bits per heavy atom. The highest BCUT2D eigenvalue weighted by Gasteiger charge is 2.15. The average molecular weight is 421 g/mol. The monoisotopic (exact) mass is 420 g/mol. The Balaban J connectivity index is 1.80. The van der Waals surface area contributed by atoms with E-state index in [0.717, 1.165) is 35.9 Å². The van der Waals surface area contributed by atoms with Crippen molar-refractivity contribution in [3.63, 3.8) is 0 Å². The van der Waals surface area contributed by atoms with E-state index in [1.54, 1.807) is 40.7 Å². The van der Waals surface area contributed by atoms with E-state index < -0.39 is 9.84 Å². The Hall–Kier alpha value is -2.20. The van der Waals surface area contributed by atoms with Crippen LogP contribution in [-0.2, 0) is 22.1 Å². The molecule has 0 bridgehead atoms. The summed E-state index contributed by atoms with van der Waals surface area (Å²) >= 11 is 1.60. The van der Waals surface area contributed by atoms with Crippen LogP contribution >= 0.6 is 11.8 Å². The topological polar surface area (TPSA) is 95.6 Å². The molecular weight excluding hydrogens is 396 g/mol. The normalized spacial score (nSPS) is 11.9. The Labute approximate surface area is 169 Å².